The van der Waals surface area contributed by atoms with E-state index in [0.29, 0.717) is 12.0 Å². The summed E-state index contributed by atoms with van der Waals surface area (Å²) in [7, 11) is 2.74. The number of aliphatic hydroxyl groups is 3. The van der Waals surface area contributed by atoms with Crippen LogP contribution in [-0.4, -0.2) is 103 Å². The molecule has 0 amide bonds. The molecule has 0 bridgehead atoms. The van der Waals surface area contributed by atoms with Crippen LogP contribution in [-0.2, 0) is 42.7 Å². The van der Waals surface area contributed by atoms with Crippen molar-refractivity contribution in [2.75, 3.05) is 20.8 Å². The van der Waals surface area contributed by atoms with Crippen LogP contribution in [0.5, 0.6) is 5.75 Å². The Morgan fingerprint density at radius 1 is 1.02 bits per heavy atom. The van der Waals surface area contributed by atoms with Gasteiger partial charge in [-0.2, -0.15) is 0 Å². The molecule has 3 aliphatic rings. The largest absolute Gasteiger partial charge is 0.508 e. The average Bonchev–Trinajstić information content (AvgIpc) is 2.95. The van der Waals surface area contributed by atoms with E-state index in [1.54, 1.807) is 19.1 Å². The number of carbonyl (C=O) groups is 2. The van der Waals surface area contributed by atoms with E-state index in [1.165, 1.54) is 38.7 Å². The van der Waals surface area contributed by atoms with Crippen LogP contribution >= 0.6 is 0 Å². The van der Waals surface area contributed by atoms with E-state index in [1.807, 2.05) is 0 Å². The maximum absolute atomic E-state index is 12.4. The number of carbonyl (C=O) groups excluding carboxylic acids is 2. The van der Waals surface area contributed by atoms with Gasteiger partial charge in [0.2, 0.25) is 6.29 Å². The third kappa shape index (κ3) is 6.63. The number of benzene rings is 1. The Morgan fingerprint density at radius 3 is 2.42 bits per heavy atom. The first-order valence-corrected chi connectivity index (χ1v) is 12.7. The summed E-state index contributed by atoms with van der Waals surface area (Å²) in [5, 5.41) is 40.8. The molecule has 0 aliphatic carbocycles. The zero-order chi connectivity index (χ0) is 29.0. The summed E-state index contributed by atoms with van der Waals surface area (Å²) in [5.74, 6) is -2.23. The molecule has 220 valence electrons. The number of esters is 2. The normalized spacial score (nSPS) is 35.8. The smallest absolute Gasteiger partial charge is 0.337 e. The van der Waals surface area contributed by atoms with Crippen LogP contribution in [0.2, 0.25) is 0 Å². The zero-order valence-corrected chi connectivity index (χ0v) is 22.2. The molecule has 0 aromatic heterocycles. The van der Waals surface area contributed by atoms with Crippen molar-refractivity contribution in [1.82, 2.24) is 0 Å². The molecule has 2 saturated heterocycles. The number of methoxy groups -OCH3 is 2. The lowest BCUT2D eigenvalue weighted by Crippen LogP contribution is -2.61. The van der Waals surface area contributed by atoms with E-state index in [9.17, 15) is 30.0 Å². The third-order valence-corrected chi connectivity index (χ3v) is 7.18. The van der Waals surface area contributed by atoms with Crippen LogP contribution in [0.4, 0.5) is 0 Å². The number of hydrogen-bond donors (Lipinski definition) is 4. The maximum atomic E-state index is 12.4. The van der Waals surface area contributed by atoms with Crippen molar-refractivity contribution < 1.29 is 63.2 Å². The van der Waals surface area contributed by atoms with Crippen molar-refractivity contribution in [3.05, 3.63) is 47.7 Å². The highest BCUT2D eigenvalue weighted by atomic mass is 16.8. The second-order valence-electron chi connectivity index (χ2n) is 9.70. The Morgan fingerprint density at radius 2 is 1.75 bits per heavy atom. The monoisotopic (exact) mass is 566 g/mol. The van der Waals surface area contributed by atoms with Crippen LogP contribution in [0.3, 0.4) is 0 Å². The van der Waals surface area contributed by atoms with Crippen LogP contribution < -0.4 is 0 Å². The highest BCUT2D eigenvalue weighted by Gasteiger charge is 2.52. The van der Waals surface area contributed by atoms with Gasteiger partial charge < -0.3 is 53.6 Å². The fourth-order valence-electron chi connectivity index (χ4n) is 4.99. The Labute approximate surface area is 230 Å². The molecule has 3 aliphatic heterocycles. The molecule has 13 nitrogen and oxygen atoms in total. The maximum Gasteiger partial charge on any atom is 0.337 e. The van der Waals surface area contributed by atoms with Crippen LogP contribution in [0.25, 0.3) is 6.08 Å². The molecule has 4 rings (SSSR count). The minimum absolute atomic E-state index is 0.0828. The van der Waals surface area contributed by atoms with Gasteiger partial charge in [0.1, 0.15) is 36.8 Å². The molecule has 10 atom stereocenters. The van der Waals surface area contributed by atoms with Crippen molar-refractivity contribution in [2.24, 2.45) is 11.8 Å². The molecule has 1 aromatic carbocycles. The molecule has 40 heavy (non-hydrogen) atoms. The molecule has 2 fully saturated rings. The number of phenolic OH excluding ortho intramolecular Hbond substituents is 1. The van der Waals surface area contributed by atoms with Crippen molar-refractivity contribution >= 4 is 18.0 Å². The molecular weight excluding hydrogens is 532 g/mol. The van der Waals surface area contributed by atoms with Gasteiger partial charge in [-0.05, 0) is 30.7 Å². The highest BCUT2D eigenvalue weighted by molar-refractivity contribution is 5.89. The second kappa shape index (κ2) is 13.1. The quantitative estimate of drug-likeness (QED) is 0.248. The molecule has 1 aromatic rings. The number of aromatic hydroxyl groups is 1. The van der Waals surface area contributed by atoms with Gasteiger partial charge in [0.15, 0.2) is 12.6 Å². The SMILES string of the molecule is COC(=O)C1=CO[C@H](O[C@@H]2O[C@H](COC(=O)C=Cc3ccc(O)cc3)[C@@H](O)[C@H](O)[C@H]2O)[C@H]2[C@H](C)O[C@H](OC)C[C@H]12. The molecular formula is C27H34O13. The van der Waals surface area contributed by atoms with E-state index in [2.05, 4.69) is 0 Å². The first-order chi connectivity index (χ1) is 19.1. The van der Waals surface area contributed by atoms with Gasteiger partial charge in [0.05, 0.1) is 31.0 Å². The summed E-state index contributed by atoms with van der Waals surface area (Å²) in [6.07, 6.45) is -5.70. The van der Waals surface area contributed by atoms with Gasteiger partial charge in [-0.15, -0.1) is 0 Å². The summed E-state index contributed by atoms with van der Waals surface area (Å²) >= 11 is 0. The molecule has 13 heteroatoms. The lowest BCUT2D eigenvalue weighted by molar-refractivity contribution is -0.353. The van der Waals surface area contributed by atoms with Gasteiger partial charge in [-0.25, -0.2) is 9.59 Å². The van der Waals surface area contributed by atoms with E-state index in [-0.39, 0.29) is 11.3 Å². The van der Waals surface area contributed by atoms with Crippen LogP contribution in [0.15, 0.2) is 42.2 Å². The molecule has 0 saturated carbocycles. The number of phenols is 1. The van der Waals surface area contributed by atoms with Crippen molar-refractivity contribution in [3.63, 3.8) is 0 Å². The number of hydrogen-bond acceptors (Lipinski definition) is 13. The van der Waals surface area contributed by atoms with E-state index in [4.69, 9.17) is 33.2 Å². The van der Waals surface area contributed by atoms with Crippen molar-refractivity contribution in [3.8, 4) is 5.75 Å². The first kappa shape index (κ1) is 29.9. The van der Waals surface area contributed by atoms with Gasteiger partial charge in [-0.3, -0.25) is 0 Å². The average molecular weight is 567 g/mol. The van der Waals surface area contributed by atoms with Crippen LogP contribution in [0.1, 0.15) is 18.9 Å². The predicted molar refractivity (Wildman–Crippen MR) is 134 cm³/mol. The summed E-state index contributed by atoms with van der Waals surface area (Å²) in [4.78, 5) is 24.6. The summed E-state index contributed by atoms with van der Waals surface area (Å²) in [6, 6.07) is 6.12. The number of aliphatic hydroxyl groups excluding tert-OH is 3. The van der Waals surface area contributed by atoms with Gasteiger partial charge in [-0.1, -0.05) is 12.1 Å². The first-order valence-electron chi connectivity index (χ1n) is 12.7. The van der Waals surface area contributed by atoms with Gasteiger partial charge in [0.25, 0.3) is 0 Å². The Bertz CT molecular complexity index is 1090. The lowest BCUT2D eigenvalue weighted by atomic mass is 9.77. The molecule has 0 unspecified atom stereocenters. The minimum Gasteiger partial charge on any atom is -0.508 e. The summed E-state index contributed by atoms with van der Waals surface area (Å²) in [5.41, 5.74) is 0.916. The zero-order valence-electron chi connectivity index (χ0n) is 22.2. The minimum atomic E-state index is -1.69. The van der Waals surface area contributed by atoms with Crippen molar-refractivity contribution in [1.29, 1.82) is 0 Å². The Balaban J connectivity index is 1.42. The van der Waals surface area contributed by atoms with Gasteiger partial charge in [0, 0.05) is 25.5 Å². The van der Waals surface area contributed by atoms with E-state index >= 15 is 0 Å². The van der Waals surface area contributed by atoms with Crippen LogP contribution in [0, 0.1) is 11.8 Å². The fraction of sp³-hybridized carbons (Fsp3) is 0.556. The predicted octanol–water partition coefficient (Wildman–Crippen LogP) is 0.200. The second-order valence-corrected chi connectivity index (χ2v) is 9.70. The highest BCUT2D eigenvalue weighted by Crippen LogP contribution is 2.43. The molecule has 0 radical (unpaired) electrons. The molecule has 3 heterocycles. The fourth-order valence-corrected chi connectivity index (χ4v) is 4.99. The third-order valence-electron chi connectivity index (χ3n) is 7.18. The lowest BCUT2D eigenvalue weighted by Gasteiger charge is -2.47. The number of fused-ring (bicyclic) bond motifs is 1. The molecule has 0 spiro atoms. The topological polar surface area (TPSA) is 180 Å². The molecule has 4 N–H and O–H groups in total. The number of ether oxygens (including phenoxy) is 7. The van der Waals surface area contributed by atoms with E-state index < -0.39 is 79.8 Å². The Kier molecular flexibility index (Phi) is 9.79. The summed E-state index contributed by atoms with van der Waals surface area (Å²) < 4.78 is 38.6. The standard InChI is InChI=1S/C27H34O13/c1-13-21-16(10-20(34-2)38-13)17(25(33)35-3)11-37-26(21)40-27-24(32)23(31)22(30)18(39-27)12-36-19(29)9-6-14-4-7-15(28)8-5-14/h4-9,11,13,16,18,20-24,26-28,30-32H,10,12H2,1-3H3/t13-,16+,18+,20-,21-,22+,23-,24+,26+,27-/m0/s1. The number of rotatable bonds is 8. The van der Waals surface area contributed by atoms with Gasteiger partial charge >= 0.3 is 11.9 Å². The van der Waals surface area contributed by atoms with E-state index in [0.717, 1.165) is 6.08 Å². The summed E-state index contributed by atoms with van der Waals surface area (Å²) in [6.45, 7) is 1.30. The van der Waals surface area contributed by atoms with Crippen molar-refractivity contribution in [2.45, 2.75) is 62.7 Å². The Hall–Kier alpha value is -3.04.